The lowest BCUT2D eigenvalue weighted by Gasteiger charge is -2.13. The minimum absolute atomic E-state index is 0.672. The summed E-state index contributed by atoms with van der Waals surface area (Å²) in [6, 6.07) is 11.8. The van der Waals surface area contributed by atoms with E-state index in [0.717, 1.165) is 40.2 Å². The highest BCUT2D eigenvalue weighted by atomic mass is 32.2. The van der Waals surface area contributed by atoms with Gasteiger partial charge in [-0.15, -0.1) is 23.1 Å². The fourth-order valence-electron chi connectivity index (χ4n) is 2.38. The fourth-order valence-corrected chi connectivity index (χ4v) is 3.89. The highest BCUT2D eigenvalue weighted by Crippen LogP contribution is 2.34. The van der Waals surface area contributed by atoms with E-state index in [4.69, 9.17) is 4.74 Å². The van der Waals surface area contributed by atoms with Gasteiger partial charge in [-0.1, -0.05) is 18.2 Å². The number of aromatic nitrogens is 2. The van der Waals surface area contributed by atoms with E-state index in [-0.39, 0.29) is 0 Å². The van der Waals surface area contributed by atoms with E-state index in [1.807, 2.05) is 54.9 Å². The molecule has 3 rings (SSSR count). The van der Waals surface area contributed by atoms with Gasteiger partial charge in [0.15, 0.2) is 16.7 Å². The van der Waals surface area contributed by atoms with Crippen molar-refractivity contribution >= 4 is 34.0 Å². The molecule has 142 valence electrons. The normalized spacial score (nSPS) is 11.0. The highest BCUT2D eigenvalue weighted by molar-refractivity contribution is 7.99. The van der Waals surface area contributed by atoms with Crippen molar-refractivity contribution in [2.75, 3.05) is 31.7 Å². The van der Waals surface area contributed by atoms with E-state index in [1.165, 1.54) is 0 Å². The molecule has 7 heteroatoms. The number of nitrogens with one attached hydrogen (secondary N) is 1. The second-order valence-electron chi connectivity index (χ2n) is 6.36. The summed E-state index contributed by atoms with van der Waals surface area (Å²) >= 11 is 3.35. The van der Waals surface area contributed by atoms with Crippen LogP contribution in [-0.2, 0) is 0 Å². The van der Waals surface area contributed by atoms with E-state index in [2.05, 4.69) is 34.3 Å². The molecule has 0 aliphatic carbocycles. The van der Waals surface area contributed by atoms with E-state index >= 15 is 0 Å². The Labute approximate surface area is 168 Å². The summed E-state index contributed by atoms with van der Waals surface area (Å²) in [4.78, 5) is 12.3. The molecule has 0 fully saturated rings. The van der Waals surface area contributed by atoms with Gasteiger partial charge in [0.05, 0.1) is 5.69 Å². The molecule has 1 aromatic carbocycles. The van der Waals surface area contributed by atoms with Crippen LogP contribution in [0.3, 0.4) is 0 Å². The van der Waals surface area contributed by atoms with Crippen molar-refractivity contribution in [3.8, 4) is 11.5 Å². The zero-order valence-corrected chi connectivity index (χ0v) is 17.4. The van der Waals surface area contributed by atoms with Crippen molar-refractivity contribution in [3.63, 3.8) is 0 Å². The van der Waals surface area contributed by atoms with Crippen LogP contribution in [0.5, 0.6) is 11.5 Å². The number of nitrogens with zero attached hydrogens (tertiary/aromatic N) is 3. The second kappa shape index (κ2) is 9.73. The Bertz CT molecular complexity index is 852. The van der Waals surface area contributed by atoms with Gasteiger partial charge in [-0.3, -0.25) is 0 Å². The van der Waals surface area contributed by atoms with Gasteiger partial charge in [-0.05, 0) is 57.9 Å². The minimum Gasteiger partial charge on any atom is -0.453 e. The zero-order valence-electron chi connectivity index (χ0n) is 15.8. The smallest absolute Gasteiger partial charge is 0.188 e. The molecule has 5 nitrogen and oxygen atoms in total. The molecule has 0 spiro atoms. The number of aryl methyl sites for hydroxylation is 1. The number of para-hydroxylation sites is 1. The SMILES string of the molecule is Cc1csc(Nc2ncc(SCCCN(C)C)cc2Oc2ccccc2)n1. The van der Waals surface area contributed by atoms with Gasteiger partial charge in [-0.2, -0.15) is 0 Å². The van der Waals surface area contributed by atoms with Gasteiger partial charge in [0.25, 0.3) is 0 Å². The van der Waals surface area contributed by atoms with Crippen LogP contribution in [0.2, 0.25) is 0 Å². The summed E-state index contributed by atoms with van der Waals surface area (Å²) in [6.45, 7) is 3.06. The zero-order chi connectivity index (χ0) is 19.1. The number of anilines is 2. The van der Waals surface area contributed by atoms with Crippen molar-refractivity contribution in [3.05, 3.63) is 53.7 Å². The molecule has 0 bridgehead atoms. The lowest BCUT2D eigenvalue weighted by molar-refractivity contribution is 0.410. The predicted molar refractivity (Wildman–Crippen MR) is 115 cm³/mol. The Kier molecular flexibility index (Phi) is 7.09. The number of pyridine rings is 1. The van der Waals surface area contributed by atoms with Crippen LogP contribution in [-0.4, -0.2) is 41.3 Å². The first-order chi connectivity index (χ1) is 13.1. The fraction of sp³-hybridized carbons (Fsp3) is 0.300. The maximum absolute atomic E-state index is 6.10. The number of thiazole rings is 1. The Balaban J connectivity index is 1.76. The van der Waals surface area contributed by atoms with Crippen LogP contribution < -0.4 is 10.1 Å². The molecule has 2 heterocycles. The Morgan fingerprint density at radius 1 is 1.22 bits per heavy atom. The number of benzene rings is 1. The Morgan fingerprint density at radius 3 is 2.74 bits per heavy atom. The average molecular weight is 401 g/mol. The molecule has 0 atom stereocenters. The molecule has 1 N–H and O–H groups in total. The van der Waals surface area contributed by atoms with Crippen molar-refractivity contribution in [1.29, 1.82) is 0 Å². The van der Waals surface area contributed by atoms with Gasteiger partial charge in [0.2, 0.25) is 0 Å². The molecule has 2 aromatic heterocycles. The van der Waals surface area contributed by atoms with E-state index in [1.54, 1.807) is 23.1 Å². The van der Waals surface area contributed by atoms with Crippen LogP contribution in [0.4, 0.5) is 10.9 Å². The average Bonchev–Trinajstić information content (AvgIpc) is 3.06. The summed E-state index contributed by atoms with van der Waals surface area (Å²) < 4.78 is 6.10. The summed E-state index contributed by atoms with van der Waals surface area (Å²) in [5.41, 5.74) is 0.987. The lowest BCUT2D eigenvalue weighted by atomic mass is 10.3. The second-order valence-corrected chi connectivity index (χ2v) is 8.38. The Morgan fingerprint density at radius 2 is 2.04 bits per heavy atom. The first kappa shape index (κ1) is 19.7. The summed E-state index contributed by atoms with van der Waals surface area (Å²) in [7, 11) is 4.19. The van der Waals surface area contributed by atoms with Crippen molar-refractivity contribution in [2.24, 2.45) is 0 Å². The molecule has 0 unspecified atom stereocenters. The third kappa shape index (κ3) is 6.23. The molecular weight excluding hydrogens is 376 g/mol. The number of hydrogen-bond acceptors (Lipinski definition) is 7. The van der Waals surface area contributed by atoms with E-state index in [9.17, 15) is 0 Å². The number of thioether (sulfide) groups is 1. The maximum Gasteiger partial charge on any atom is 0.188 e. The Hall–Kier alpha value is -2.09. The topological polar surface area (TPSA) is 50.3 Å². The van der Waals surface area contributed by atoms with Crippen LogP contribution in [0.1, 0.15) is 12.1 Å². The largest absolute Gasteiger partial charge is 0.453 e. The van der Waals surface area contributed by atoms with E-state index in [0.29, 0.717) is 11.6 Å². The molecule has 0 amide bonds. The first-order valence-electron chi connectivity index (χ1n) is 8.80. The lowest BCUT2D eigenvalue weighted by Crippen LogP contribution is -2.13. The van der Waals surface area contributed by atoms with Crippen LogP contribution >= 0.6 is 23.1 Å². The summed E-state index contributed by atoms with van der Waals surface area (Å²) in [5.74, 6) is 3.20. The van der Waals surface area contributed by atoms with Crippen molar-refractivity contribution in [2.45, 2.75) is 18.2 Å². The third-order valence-electron chi connectivity index (χ3n) is 3.66. The first-order valence-corrected chi connectivity index (χ1v) is 10.7. The molecule has 3 aromatic rings. The maximum atomic E-state index is 6.10. The molecule has 0 saturated carbocycles. The molecular formula is C20H24N4OS2. The van der Waals surface area contributed by atoms with Crippen LogP contribution in [0.25, 0.3) is 0 Å². The molecule has 0 saturated heterocycles. The minimum atomic E-state index is 0.672. The molecule has 0 aliphatic rings. The number of ether oxygens (including phenoxy) is 1. The standard InChI is InChI=1S/C20H24N4OS2/c1-15-14-27-20(22-15)23-19-18(25-16-8-5-4-6-9-16)12-17(13-21-19)26-11-7-10-24(2)3/h4-6,8-9,12-14H,7,10-11H2,1-3H3,(H,21,22,23). The quantitative estimate of drug-likeness (QED) is 0.382. The molecule has 0 aliphatic heterocycles. The monoisotopic (exact) mass is 400 g/mol. The van der Waals surface area contributed by atoms with Crippen molar-refractivity contribution in [1.82, 2.24) is 14.9 Å². The van der Waals surface area contributed by atoms with Gasteiger partial charge >= 0.3 is 0 Å². The van der Waals surface area contributed by atoms with Crippen LogP contribution in [0, 0.1) is 6.92 Å². The van der Waals surface area contributed by atoms with Gasteiger partial charge < -0.3 is 15.0 Å². The van der Waals surface area contributed by atoms with E-state index < -0.39 is 0 Å². The molecule has 27 heavy (non-hydrogen) atoms. The number of hydrogen-bond donors (Lipinski definition) is 1. The van der Waals surface area contributed by atoms with Crippen molar-refractivity contribution < 1.29 is 4.74 Å². The molecule has 0 radical (unpaired) electrons. The summed E-state index contributed by atoms with van der Waals surface area (Å²) in [5, 5.41) is 6.10. The van der Waals surface area contributed by atoms with Gasteiger partial charge in [0.1, 0.15) is 5.75 Å². The van der Waals surface area contributed by atoms with Gasteiger partial charge in [-0.25, -0.2) is 9.97 Å². The van der Waals surface area contributed by atoms with Crippen LogP contribution in [0.15, 0.2) is 52.9 Å². The highest BCUT2D eigenvalue weighted by Gasteiger charge is 2.11. The predicted octanol–water partition coefficient (Wildman–Crippen LogP) is 5.43. The third-order valence-corrected chi connectivity index (χ3v) is 5.59. The number of rotatable bonds is 9. The van der Waals surface area contributed by atoms with Gasteiger partial charge in [0, 0.05) is 16.5 Å². The summed E-state index contributed by atoms with van der Waals surface area (Å²) in [6.07, 6.45) is 3.02.